The molecule has 5 heteroatoms. The number of hydrogen-bond donors (Lipinski definition) is 2. The number of methoxy groups -OCH3 is 1. The molecule has 0 heterocycles. The Balaban J connectivity index is 2.36. The largest absolute Gasteiger partial charge is 0.496 e. The Bertz CT molecular complexity index is 634. The molecule has 2 rings (SSSR count). The molecule has 1 atom stereocenters. The van der Waals surface area contributed by atoms with Crippen molar-refractivity contribution in [2.45, 2.75) is 19.4 Å². The molecule has 0 spiro atoms. The van der Waals surface area contributed by atoms with Gasteiger partial charge >= 0.3 is 0 Å². The number of halogens is 2. The van der Waals surface area contributed by atoms with Crippen LogP contribution < -0.4 is 16.0 Å². The zero-order chi connectivity index (χ0) is 15.4. The van der Waals surface area contributed by atoms with Gasteiger partial charge in [-0.3, -0.25) is 11.3 Å². The highest BCUT2D eigenvalue weighted by atomic mass is 35.5. The first-order chi connectivity index (χ1) is 10.0. The number of nitrogens with two attached hydrogens (primary N) is 1. The van der Waals surface area contributed by atoms with Crippen molar-refractivity contribution < 1.29 is 9.13 Å². The number of benzene rings is 2. The van der Waals surface area contributed by atoms with E-state index in [2.05, 4.69) is 5.43 Å². The van der Waals surface area contributed by atoms with Gasteiger partial charge in [-0.2, -0.15) is 0 Å². The fourth-order valence-electron chi connectivity index (χ4n) is 2.32. The van der Waals surface area contributed by atoms with Crippen LogP contribution in [0.4, 0.5) is 4.39 Å². The van der Waals surface area contributed by atoms with E-state index in [1.54, 1.807) is 31.4 Å². The fourth-order valence-corrected chi connectivity index (χ4v) is 2.50. The summed E-state index contributed by atoms with van der Waals surface area (Å²) in [6.07, 6.45) is 0.538. The van der Waals surface area contributed by atoms with E-state index in [0.29, 0.717) is 17.2 Å². The number of hydrazine groups is 1. The van der Waals surface area contributed by atoms with Gasteiger partial charge in [0.2, 0.25) is 0 Å². The van der Waals surface area contributed by atoms with Gasteiger partial charge in [-0.05, 0) is 54.8 Å². The third kappa shape index (κ3) is 3.73. The van der Waals surface area contributed by atoms with Gasteiger partial charge in [0.25, 0.3) is 0 Å². The molecule has 0 radical (unpaired) electrons. The summed E-state index contributed by atoms with van der Waals surface area (Å²) in [6.45, 7) is 1.94. The van der Waals surface area contributed by atoms with E-state index in [9.17, 15) is 4.39 Å². The minimum Gasteiger partial charge on any atom is -0.496 e. The predicted molar refractivity (Wildman–Crippen MR) is 82.9 cm³/mol. The topological polar surface area (TPSA) is 47.3 Å². The average molecular weight is 309 g/mol. The van der Waals surface area contributed by atoms with Gasteiger partial charge in [-0.25, -0.2) is 4.39 Å². The Labute approximate surface area is 128 Å². The Kier molecular flexibility index (Phi) is 5.17. The van der Waals surface area contributed by atoms with Crippen molar-refractivity contribution in [3.8, 4) is 5.75 Å². The Morgan fingerprint density at radius 2 is 2.05 bits per heavy atom. The summed E-state index contributed by atoms with van der Waals surface area (Å²) in [7, 11) is 1.59. The molecule has 1 unspecified atom stereocenters. The van der Waals surface area contributed by atoms with Crippen molar-refractivity contribution in [2.24, 2.45) is 5.84 Å². The first kappa shape index (κ1) is 15.8. The number of aryl methyl sites for hydroxylation is 1. The quantitative estimate of drug-likeness (QED) is 0.656. The third-order valence-electron chi connectivity index (χ3n) is 3.50. The summed E-state index contributed by atoms with van der Waals surface area (Å²) in [4.78, 5) is 0. The van der Waals surface area contributed by atoms with Crippen LogP contribution in [0.1, 0.15) is 22.7 Å². The van der Waals surface area contributed by atoms with Gasteiger partial charge in [-0.1, -0.05) is 17.7 Å². The number of hydrogen-bond acceptors (Lipinski definition) is 3. The molecule has 0 fully saturated rings. The van der Waals surface area contributed by atoms with E-state index < -0.39 is 0 Å². The van der Waals surface area contributed by atoms with Crippen molar-refractivity contribution in [3.63, 3.8) is 0 Å². The Morgan fingerprint density at radius 3 is 2.71 bits per heavy atom. The molecule has 0 bridgehead atoms. The molecule has 112 valence electrons. The zero-order valence-corrected chi connectivity index (χ0v) is 12.7. The SMILES string of the molecule is COc1ccc(Cl)cc1C(Cc1cc(F)ccc1C)NN. The number of ether oxygens (including phenoxy) is 1. The van der Waals surface area contributed by atoms with Crippen LogP contribution in [0.25, 0.3) is 0 Å². The maximum absolute atomic E-state index is 13.4. The second kappa shape index (κ2) is 6.89. The lowest BCUT2D eigenvalue weighted by Crippen LogP contribution is -2.30. The summed E-state index contributed by atoms with van der Waals surface area (Å²) in [5, 5.41) is 0.599. The van der Waals surface area contributed by atoms with Crippen molar-refractivity contribution in [3.05, 3.63) is 63.9 Å². The summed E-state index contributed by atoms with van der Waals surface area (Å²) in [6, 6.07) is 9.86. The number of nitrogens with one attached hydrogen (secondary N) is 1. The van der Waals surface area contributed by atoms with E-state index in [1.165, 1.54) is 12.1 Å². The van der Waals surface area contributed by atoms with Crippen LogP contribution in [-0.4, -0.2) is 7.11 Å². The Hall–Kier alpha value is -1.62. The van der Waals surface area contributed by atoms with Crippen molar-refractivity contribution in [1.82, 2.24) is 5.43 Å². The van der Waals surface area contributed by atoms with E-state index in [4.69, 9.17) is 22.2 Å². The summed E-state index contributed by atoms with van der Waals surface area (Å²) >= 11 is 6.05. The zero-order valence-electron chi connectivity index (χ0n) is 12.0. The molecule has 21 heavy (non-hydrogen) atoms. The van der Waals surface area contributed by atoms with Gasteiger partial charge in [0, 0.05) is 10.6 Å². The van der Waals surface area contributed by atoms with Crippen molar-refractivity contribution in [2.75, 3.05) is 7.11 Å². The maximum atomic E-state index is 13.4. The summed E-state index contributed by atoms with van der Waals surface area (Å²) < 4.78 is 18.8. The van der Waals surface area contributed by atoms with Crippen molar-refractivity contribution in [1.29, 1.82) is 0 Å². The standard InChI is InChI=1S/C16H18ClFN2O/c1-10-3-5-13(18)7-11(10)8-15(20-19)14-9-12(17)4-6-16(14)21-2/h3-7,9,15,20H,8,19H2,1-2H3. The molecule has 2 aromatic carbocycles. The third-order valence-corrected chi connectivity index (χ3v) is 3.74. The second-order valence-electron chi connectivity index (χ2n) is 4.88. The predicted octanol–water partition coefficient (Wildman–Crippen LogP) is 3.54. The van der Waals surface area contributed by atoms with E-state index in [0.717, 1.165) is 16.7 Å². The van der Waals surface area contributed by atoms with Crippen molar-refractivity contribution >= 4 is 11.6 Å². The van der Waals surface area contributed by atoms with Gasteiger partial charge in [0.05, 0.1) is 13.2 Å². The molecule has 0 aliphatic carbocycles. The molecule has 3 nitrogen and oxygen atoms in total. The minimum absolute atomic E-state index is 0.223. The second-order valence-corrected chi connectivity index (χ2v) is 5.32. The molecule has 0 aromatic heterocycles. The van der Waals surface area contributed by atoms with Gasteiger partial charge in [0.1, 0.15) is 11.6 Å². The first-order valence-corrected chi connectivity index (χ1v) is 6.97. The molecule has 0 amide bonds. The van der Waals surface area contributed by atoms with Crippen LogP contribution in [-0.2, 0) is 6.42 Å². The molecular weight excluding hydrogens is 291 g/mol. The van der Waals surface area contributed by atoms with Gasteiger partial charge in [0.15, 0.2) is 0 Å². The average Bonchev–Trinajstić information content (AvgIpc) is 2.48. The molecule has 0 aliphatic rings. The molecular formula is C16H18ClFN2O. The van der Waals surface area contributed by atoms with Crippen LogP contribution in [0.5, 0.6) is 5.75 Å². The van der Waals surface area contributed by atoms with E-state index >= 15 is 0 Å². The minimum atomic E-state index is -0.260. The highest BCUT2D eigenvalue weighted by molar-refractivity contribution is 6.30. The van der Waals surface area contributed by atoms with Crippen LogP contribution in [0.15, 0.2) is 36.4 Å². The molecule has 3 N–H and O–H groups in total. The molecule has 0 aliphatic heterocycles. The molecule has 0 saturated heterocycles. The lowest BCUT2D eigenvalue weighted by Gasteiger charge is -2.20. The van der Waals surface area contributed by atoms with Crippen LogP contribution in [0.3, 0.4) is 0 Å². The molecule has 2 aromatic rings. The normalized spacial score (nSPS) is 12.2. The smallest absolute Gasteiger partial charge is 0.123 e. The van der Waals surface area contributed by atoms with Crippen LogP contribution >= 0.6 is 11.6 Å². The maximum Gasteiger partial charge on any atom is 0.123 e. The monoisotopic (exact) mass is 308 g/mol. The van der Waals surface area contributed by atoms with Gasteiger partial charge in [-0.15, -0.1) is 0 Å². The van der Waals surface area contributed by atoms with Crippen LogP contribution in [0, 0.1) is 12.7 Å². The summed E-state index contributed by atoms with van der Waals surface area (Å²) in [5.74, 6) is 6.10. The summed E-state index contributed by atoms with van der Waals surface area (Å²) in [5.41, 5.74) is 5.50. The van der Waals surface area contributed by atoms with Crippen LogP contribution in [0.2, 0.25) is 5.02 Å². The van der Waals surface area contributed by atoms with E-state index in [-0.39, 0.29) is 11.9 Å². The lowest BCUT2D eigenvalue weighted by molar-refractivity contribution is 0.399. The number of rotatable bonds is 5. The highest BCUT2D eigenvalue weighted by Gasteiger charge is 2.17. The fraction of sp³-hybridized carbons (Fsp3) is 0.250. The van der Waals surface area contributed by atoms with E-state index in [1.807, 2.05) is 6.92 Å². The first-order valence-electron chi connectivity index (χ1n) is 6.59. The Morgan fingerprint density at radius 1 is 1.29 bits per heavy atom. The molecule has 0 saturated carbocycles. The van der Waals surface area contributed by atoms with Gasteiger partial charge < -0.3 is 4.74 Å². The highest BCUT2D eigenvalue weighted by Crippen LogP contribution is 2.30. The lowest BCUT2D eigenvalue weighted by atomic mass is 9.96.